The van der Waals surface area contributed by atoms with Gasteiger partial charge in [-0.25, -0.2) is 18.4 Å². The molecule has 6 heteroatoms. The van der Waals surface area contributed by atoms with Crippen molar-refractivity contribution < 1.29 is 27.8 Å². The Hall–Kier alpha value is -1.20. The molecule has 0 aromatic rings. The predicted molar refractivity (Wildman–Crippen MR) is 68.9 cm³/mol. The molecule has 6 unspecified atom stereocenters. The molecule has 2 bridgehead atoms. The lowest BCUT2D eigenvalue weighted by Gasteiger charge is -2.30. The molecule has 6 atom stereocenters. The fourth-order valence-electron chi connectivity index (χ4n) is 4.09. The maximum Gasteiger partial charge on any atom is 0.344 e. The Morgan fingerprint density at radius 3 is 2.86 bits per heavy atom. The van der Waals surface area contributed by atoms with E-state index >= 15 is 0 Å². The maximum atomic E-state index is 14.5. The van der Waals surface area contributed by atoms with Gasteiger partial charge < -0.3 is 9.47 Å². The van der Waals surface area contributed by atoms with Gasteiger partial charge in [0.05, 0.1) is 0 Å². The minimum Gasteiger partial charge on any atom is -0.456 e. The van der Waals surface area contributed by atoms with Crippen molar-refractivity contribution in [3.05, 3.63) is 0 Å². The third-order valence-electron chi connectivity index (χ3n) is 5.29. The lowest BCUT2D eigenvalue weighted by Crippen LogP contribution is -2.45. The number of hydrogen-bond acceptors (Lipinski definition) is 4. The normalized spacial score (nSPS) is 42.8. The van der Waals surface area contributed by atoms with Crippen molar-refractivity contribution in [3.63, 3.8) is 0 Å². The zero-order valence-electron chi connectivity index (χ0n) is 12.2. The molecule has 0 N–H and O–H groups in total. The molecule has 21 heavy (non-hydrogen) atoms. The summed E-state index contributed by atoms with van der Waals surface area (Å²) in [4.78, 5) is 23.7. The van der Waals surface area contributed by atoms with Crippen molar-refractivity contribution in [1.29, 1.82) is 0 Å². The van der Waals surface area contributed by atoms with E-state index in [0.717, 1.165) is 0 Å². The van der Waals surface area contributed by atoms with Gasteiger partial charge in [0.1, 0.15) is 12.2 Å². The smallest absolute Gasteiger partial charge is 0.344 e. The van der Waals surface area contributed by atoms with E-state index in [2.05, 4.69) is 0 Å². The Morgan fingerprint density at radius 2 is 2.24 bits per heavy atom. The van der Waals surface area contributed by atoms with Crippen molar-refractivity contribution in [2.24, 2.45) is 11.8 Å². The van der Waals surface area contributed by atoms with Crippen LogP contribution in [0.5, 0.6) is 0 Å². The maximum absolute atomic E-state index is 14.5. The van der Waals surface area contributed by atoms with Crippen molar-refractivity contribution in [2.45, 2.75) is 69.5 Å². The fourth-order valence-corrected chi connectivity index (χ4v) is 4.09. The van der Waals surface area contributed by atoms with Gasteiger partial charge in [0, 0.05) is 11.8 Å². The molecule has 1 aliphatic heterocycles. The number of carbonyl (C=O) groups is 2. The minimum absolute atomic E-state index is 0.0180. The summed E-state index contributed by atoms with van der Waals surface area (Å²) in [5.74, 6) is -2.55. The number of fused-ring (bicyclic) bond motifs is 1. The molecule has 2 aliphatic carbocycles. The van der Waals surface area contributed by atoms with Crippen LogP contribution in [-0.2, 0) is 19.1 Å². The van der Waals surface area contributed by atoms with Crippen molar-refractivity contribution in [2.75, 3.05) is 0 Å². The van der Waals surface area contributed by atoms with Gasteiger partial charge in [-0.1, -0.05) is 20.3 Å². The molecule has 1 heterocycles. The zero-order valence-corrected chi connectivity index (χ0v) is 12.2. The highest BCUT2D eigenvalue weighted by atomic mass is 19.1. The van der Waals surface area contributed by atoms with Crippen LogP contribution in [0.1, 0.15) is 46.0 Å². The van der Waals surface area contributed by atoms with E-state index in [1.165, 1.54) is 0 Å². The lowest BCUT2D eigenvalue weighted by molar-refractivity contribution is -0.174. The SMILES string of the molecule is CCCC(F)(CC)C(=O)OC1C2CC3C1OC(=O)C3(F)C2. The van der Waals surface area contributed by atoms with Crippen LogP contribution < -0.4 is 0 Å². The van der Waals surface area contributed by atoms with Crippen LogP contribution in [-0.4, -0.2) is 35.5 Å². The fraction of sp³-hybridized carbons (Fsp3) is 0.867. The van der Waals surface area contributed by atoms with E-state index in [-0.39, 0.29) is 25.2 Å². The van der Waals surface area contributed by atoms with Gasteiger partial charge in [0.2, 0.25) is 11.3 Å². The molecule has 2 saturated carbocycles. The van der Waals surface area contributed by atoms with Crippen molar-refractivity contribution in [3.8, 4) is 0 Å². The first-order chi connectivity index (χ1) is 9.85. The Kier molecular flexibility index (Phi) is 3.26. The van der Waals surface area contributed by atoms with Crippen LogP contribution >= 0.6 is 0 Å². The molecule has 0 aromatic heterocycles. The first-order valence-electron chi connectivity index (χ1n) is 7.65. The van der Waals surface area contributed by atoms with Gasteiger partial charge in [0.15, 0.2) is 0 Å². The highest BCUT2D eigenvalue weighted by Crippen LogP contribution is 2.59. The van der Waals surface area contributed by atoms with Gasteiger partial charge in [-0.2, -0.15) is 0 Å². The van der Waals surface area contributed by atoms with Gasteiger partial charge >= 0.3 is 11.9 Å². The second-order valence-corrected chi connectivity index (χ2v) is 6.48. The van der Waals surface area contributed by atoms with Gasteiger partial charge in [-0.3, -0.25) is 0 Å². The second-order valence-electron chi connectivity index (χ2n) is 6.48. The van der Waals surface area contributed by atoms with E-state index in [1.807, 2.05) is 0 Å². The average molecular weight is 302 g/mol. The number of hydrogen-bond donors (Lipinski definition) is 0. The first kappa shape index (κ1) is 14.7. The van der Waals surface area contributed by atoms with Crippen LogP contribution in [0.4, 0.5) is 8.78 Å². The summed E-state index contributed by atoms with van der Waals surface area (Å²) < 4.78 is 39.3. The molecular formula is C15H20F2O4. The Morgan fingerprint density at radius 1 is 1.52 bits per heavy atom. The number of esters is 2. The number of halogens is 2. The molecule has 0 aromatic carbocycles. The third-order valence-corrected chi connectivity index (χ3v) is 5.29. The van der Waals surface area contributed by atoms with Crippen LogP contribution in [0.3, 0.4) is 0 Å². The molecular weight excluding hydrogens is 282 g/mol. The van der Waals surface area contributed by atoms with Crippen molar-refractivity contribution in [1.82, 2.24) is 0 Å². The number of ether oxygens (including phenoxy) is 2. The van der Waals surface area contributed by atoms with Gasteiger partial charge in [0.25, 0.3) is 0 Å². The standard InChI is InChI=1S/C15H20F2O4/c1-3-5-14(16,4-2)12(18)20-10-8-6-9-11(10)21-13(19)15(9,17)7-8/h8-11H,3-7H2,1-2H3. The summed E-state index contributed by atoms with van der Waals surface area (Å²) in [7, 11) is 0. The van der Waals surface area contributed by atoms with Gasteiger partial charge in [-0.05, 0) is 25.7 Å². The molecule has 3 rings (SSSR count). The highest BCUT2D eigenvalue weighted by molar-refractivity contribution is 5.84. The molecule has 0 amide bonds. The molecule has 3 fully saturated rings. The van der Waals surface area contributed by atoms with E-state index in [9.17, 15) is 18.4 Å². The Balaban J connectivity index is 1.73. The summed E-state index contributed by atoms with van der Waals surface area (Å²) >= 11 is 0. The molecule has 1 saturated heterocycles. The van der Waals surface area contributed by atoms with Crippen LogP contribution in [0.15, 0.2) is 0 Å². The van der Waals surface area contributed by atoms with E-state index in [4.69, 9.17) is 9.47 Å². The average Bonchev–Trinajstić information content (AvgIpc) is 3.00. The van der Waals surface area contributed by atoms with E-state index < -0.39 is 41.4 Å². The highest BCUT2D eigenvalue weighted by Gasteiger charge is 2.73. The van der Waals surface area contributed by atoms with Crippen molar-refractivity contribution >= 4 is 11.9 Å². The topological polar surface area (TPSA) is 52.6 Å². The van der Waals surface area contributed by atoms with Crippen LogP contribution in [0.2, 0.25) is 0 Å². The van der Waals surface area contributed by atoms with E-state index in [1.54, 1.807) is 13.8 Å². The number of rotatable bonds is 5. The predicted octanol–water partition coefficient (Wildman–Crippen LogP) is 2.49. The molecule has 0 spiro atoms. The third kappa shape index (κ3) is 1.90. The van der Waals surface area contributed by atoms with Gasteiger partial charge in [-0.15, -0.1) is 0 Å². The largest absolute Gasteiger partial charge is 0.456 e. The minimum atomic E-state index is -2.01. The zero-order chi connectivity index (χ0) is 15.4. The Bertz CT molecular complexity index is 482. The second kappa shape index (κ2) is 4.65. The van der Waals surface area contributed by atoms with Crippen LogP contribution in [0, 0.1) is 11.8 Å². The monoisotopic (exact) mass is 302 g/mol. The molecule has 4 nitrogen and oxygen atoms in total. The summed E-state index contributed by atoms with van der Waals surface area (Å²) in [6.07, 6.45) is -0.293. The molecule has 0 radical (unpaired) electrons. The summed E-state index contributed by atoms with van der Waals surface area (Å²) in [6, 6.07) is 0. The first-order valence-corrected chi connectivity index (χ1v) is 7.65. The molecule has 118 valence electrons. The quantitative estimate of drug-likeness (QED) is 0.732. The number of alkyl halides is 2. The lowest BCUT2D eigenvalue weighted by atomic mass is 9.85. The number of carbonyl (C=O) groups excluding carboxylic acids is 2. The van der Waals surface area contributed by atoms with Crippen LogP contribution in [0.25, 0.3) is 0 Å². The summed E-state index contributed by atoms with van der Waals surface area (Å²) in [5, 5.41) is 0. The summed E-state index contributed by atoms with van der Waals surface area (Å²) in [6.45, 7) is 3.39. The molecule has 3 aliphatic rings. The van der Waals surface area contributed by atoms with E-state index in [0.29, 0.717) is 12.8 Å². The Labute approximate surface area is 122 Å². The summed E-state index contributed by atoms with van der Waals surface area (Å²) in [5.41, 5.74) is -3.93.